The van der Waals surface area contributed by atoms with Crippen molar-refractivity contribution in [3.8, 4) is 0 Å². The molecule has 136 valence electrons. The van der Waals surface area contributed by atoms with Crippen LogP contribution in [0.4, 0.5) is 0 Å². The highest BCUT2D eigenvalue weighted by molar-refractivity contribution is 7.93. The molecule has 1 atom stereocenters. The third-order valence-corrected chi connectivity index (χ3v) is 8.65. The minimum absolute atomic E-state index is 0.0113. The van der Waals surface area contributed by atoms with Crippen molar-refractivity contribution in [2.45, 2.75) is 30.9 Å². The lowest BCUT2D eigenvalue weighted by Crippen LogP contribution is -2.68. The summed E-state index contributed by atoms with van der Waals surface area (Å²) in [5.41, 5.74) is 1.58. The molecule has 6 heteroatoms. The van der Waals surface area contributed by atoms with Gasteiger partial charge >= 0.3 is 0 Å². The lowest BCUT2D eigenvalue weighted by atomic mass is 9.83. The van der Waals surface area contributed by atoms with Crippen LogP contribution in [0.1, 0.15) is 35.2 Å². The van der Waals surface area contributed by atoms with E-state index in [0.29, 0.717) is 37.6 Å². The smallest absolute Gasteiger partial charge is 0.254 e. The van der Waals surface area contributed by atoms with Crippen LogP contribution in [-0.2, 0) is 14.6 Å². The van der Waals surface area contributed by atoms with Gasteiger partial charge in [-0.25, -0.2) is 8.42 Å². The normalized spacial score (nSPS) is 26.6. The molecule has 2 heterocycles. The van der Waals surface area contributed by atoms with Crippen LogP contribution in [0.5, 0.6) is 0 Å². The van der Waals surface area contributed by atoms with Crippen molar-refractivity contribution in [1.29, 1.82) is 0 Å². The van der Waals surface area contributed by atoms with Gasteiger partial charge in [0, 0.05) is 31.2 Å². The fourth-order valence-electron chi connectivity index (χ4n) is 4.10. The molecule has 2 aliphatic heterocycles. The van der Waals surface area contributed by atoms with Crippen molar-refractivity contribution >= 4 is 15.7 Å². The molecular formula is C19H25NO4S. The monoisotopic (exact) mass is 363 g/mol. The van der Waals surface area contributed by atoms with E-state index in [9.17, 15) is 13.2 Å². The quantitative estimate of drug-likeness (QED) is 0.803. The van der Waals surface area contributed by atoms with Gasteiger partial charge in [-0.05, 0) is 43.7 Å². The number of likely N-dealkylation sites (tertiary alicyclic amines) is 1. The Morgan fingerprint density at radius 2 is 1.92 bits per heavy atom. The summed E-state index contributed by atoms with van der Waals surface area (Å²) in [4.78, 5) is 14.4. The summed E-state index contributed by atoms with van der Waals surface area (Å²) in [5.74, 6) is 0.840. The standard InChI is InChI=1S/C19H25NO4S/c1-14-4-2-3-5-17(14)18(21)20-12-19(13-20)16(8-9-25(19,22)23)11-24-10-15-6-7-15/h2-5,15-16H,6-13H2,1H3. The predicted octanol–water partition coefficient (Wildman–Crippen LogP) is 2.05. The number of nitrogens with zero attached hydrogens (tertiary/aromatic N) is 1. The lowest BCUT2D eigenvalue weighted by Gasteiger charge is -2.50. The van der Waals surface area contributed by atoms with Gasteiger partial charge in [0.25, 0.3) is 5.91 Å². The summed E-state index contributed by atoms with van der Waals surface area (Å²) in [5, 5.41) is 0. The van der Waals surface area contributed by atoms with Gasteiger partial charge in [-0.3, -0.25) is 4.79 Å². The number of ether oxygens (including phenoxy) is 1. The maximum Gasteiger partial charge on any atom is 0.254 e. The van der Waals surface area contributed by atoms with E-state index >= 15 is 0 Å². The molecule has 1 unspecified atom stereocenters. The average molecular weight is 363 g/mol. The van der Waals surface area contributed by atoms with E-state index in [2.05, 4.69) is 0 Å². The summed E-state index contributed by atoms with van der Waals surface area (Å²) in [6.07, 6.45) is 3.11. The van der Waals surface area contributed by atoms with Crippen LogP contribution in [0, 0.1) is 18.8 Å². The molecule has 0 radical (unpaired) electrons. The third-order valence-electron chi connectivity index (χ3n) is 6.05. The molecule has 1 amide bonds. The molecule has 1 aromatic rings. The highest BCUT2D eigenvalue weighted by atomic mass is 32.2. The number of hydrogen-bond acceptors (Lipinski definition) is 4. The molecule has 5 nitrogen and oxygen atoms in total. The minimum atomic E-state index is -3.17. The first-order valence-corrected chi connectivity index (χ1v) is 10.7. The number of hydrogen-bond donors (Lipinski definition) is 0. The Kier molecular flexibility index (Phi) is 4.15. The fraction of sp³-hybridized carbons (Fsp3) is 0.632. The SMILES string of the molecule is Cc1ccccc1C(=O)N1CC2(C1)C(COCC1CC1)CCS2(=O)=O. The van der Waals surface area contributed by atoms with Crippen molar-refractivity contribution in [3.05, 3.63) is 35.4 Å². The van der Waals surface area contributed by atoms with Gasteiger partial charge in [0.15, 0.2) is 9.84 Å². The van der Waals surface area contributed by atoms with Crippen molar-refractivity contribution in [1.82, 2.24) is 4.90 Å². The van der Waals surface area contributed by atoms with Gasteiger partial charge in [-0.2, -0.15) is 0 Å². The van der Waals surface area contributed by atoms with E-state index in [-0.39, 0.29) is 17.6 Å². The molecule has 0 aromatic heterocycles. The van der Waals surface area contributed by atoms with Crippen LogP contribution in [0.2, 0.25) is 0 Å². The average Bonchev–Trinajstić information content (AvgIpc) is 3.30. The van der Waals surface area contributed by atoms with Crippen LogP contribution in [0.15, 0.2) is 24.3 Å². The van der Waals surface area contributed by atoms with E-state index < -0.39 is 14.6 Å². The summed E-state index contributed by atoms with van der Waals surface area (Å²) in [6, 6.07) is 7.46. The molecule has 25 heavy (non-hydrogen) atoms. The second-order valence-corrected chi connectivity index (χ2v) is 10.3. The zero-order valence-electron chi connectivity index (χ0n) is 14.6. The molecule has 0 N–H and O–H groups in total. The molecule has 0 bridgehead atoms. The highest BCUT2D eigenvalue weighted by Crippen LogP contribution is 2.45. The minimum Gasteiger partial charge on any atom is -0.381 e. The molecule has 1 spiro atoms. The van der Waals surface area contributed by atoms with E-state index in [4.69, 9.17) is 4.74 Å². The van der Waals surface area contributed by atoms with Gasteiger partial charge in [-0.15, -0.1) is 0 Å². The first kappa shape index (κ1) is 17.0. The molecule has 3 aliphatic rings. The van der Waals surface area contributed by atoms with Crippen LogP contribution in [-0.4, -0.2) is 56.0 Å². The highest BCUT2D eigenvalue weighted by Gasteiger charge is 2.62. The second kappa shape index (κ2) is 6.09. The van der Waals surface area contributed by atoms with E-state index in [1.165, 1.54) is 12.8 Å². The van der Waals surface area contributed by atoms with Gasteiger partial charge in [-0.1, -0.05) is 18.2 Å². The Bertz CT molecular complexity index is 778. The summed E-state index contributed by atoms with van der Waals surface area (Å²) < 4.78 is 30.3. The van der Waals surface area contributed by atoms with Crippen LogP contribution in [0.25, 0.3) is 0 Å². The second-order valence-electron chi connectivity index (χ2n) is 7.83. The molecule has 4 rings (SSSR count). The number of amides is 1. The summed E-state index contributed by atoms with van der Waals surface area (Å²) in [7, 11) is -3.17. The van der Waals surface area contributed by atoms with Crippen molar-refractivity contribution in [2.75, 3.05) is 32.1 Å². The van der Waals surface area contributed by atoms with Gasteiger partial charge in [0.05, 0.1) is 12.4 Å². The predicted molar refractivity (Wildman–Crippen MR) is 95.3 cm³/mol. The molecule has 1 aliphatic carbocycles. The number of sulfone groups is 1. The number of carbonyl (C=O) groups is 1. The number of benzene rings is 1. The molecular weight excluding hydrogens is 338 g/mol. The van der Waals surface area contributed by atoms with Crippen LogP contribution in [0.3, 0.4) is 0 Å². The van der Waals surface area contributed by atoms with E-state index in [0.717, 1.165) is 12.2 Å². The van der Waals surface area contributed by atoms with Gasteiger partial charge in [0.2, 0.25) is 0 Å². The third kappa shape index (κ3) is 2.89. The number of carbonyl (C=O) groups excluding carboxylic acids is 1. The lowest BCUT2D eigenvalue weighted by molar-refractivity contribution is 0.0228. The summed E-state index contributed by atoms with van der Waals surface area (Å²) in [6.45, 7) is 3.77. The first-order valence-electron chi connectivity index (χ1n) is 9.08. The van der Waals surface area contributed by atoms with Crippen LogP contribution < -0.4 is 0 Å². The molecule has 1 saturated carbocycles. The van der Waals surface area contributed by atoms with E-state index in [1.807, 2.05) is 31.2 Å². The van der Waals surface area contributed by atoms with Gasteiger partial charge < -0.3 is 9.64 Å². The van der Waals surface area contributed by atoms with Crippen LogP contribution >= 0.6 is 0 Å². The Hall–Kier alpha value is -1.40. The first-order chi connectivity index (χ1) is 11.9. The molecule has 3 fully saturated rings. The Balaban J connectivity index is 1.45. The maximum atomic E-state index is 12.7. The number of rotatable bonds is 5. The summed E-state index contributed by atoms with van der Waals surface area (Å²) >= 11 is 0. The fourth-order valence-corrected chi connectivity index (χ4v) is 6.50. The van der Waals surface area contributed by atoms with E-state index in [1.54, 1.807) is 4.90 Å². The molecule has 2 saturated heterocycles. The Morgan fingerprint density at radius 3 is 2.60 bits per heavy atom. The van der Waals surface area contributed by atoms with Crippen molar-refractivity contribution in [2.24, 2.45) is 11.8 Å². The van der Waals surface area contributed by atoms with Crippen molar-refractivity contribution in [3.63, 3.8) is 0 Å². The maximum absolute atomic E-state index is 12.7. The molecule has 1 aromatic carbocycles. The largest absolute Gasteiger partial charge is 0.381 e. The number of aryl methyl sites for hydroxylation is 1. The Morgan fingerprint density at radius 1 is 1.20 bits per heavy atom. The Labute approximate surface area is 149 Å². The van der Waals surface area contributed by atoms with Gasteiger partial charge in [0.1, 0.15) is 4.75 Å². The zero-order chi connectivity index (χ0) is 17.7. The zero-order valence-corrected chi connectivity index (χ0v) is 15.4. The topological polar surface area (TPSA) is 63.7 Å². The van der Waals surface area contributed by atoms with Crippen molar-refractivity contribution < 1.29 is 17.9 Å².